The quantitative estimate of drug-likeness (QED) is 0.294. The van der Waals surface area contributed by atoms with Crippen molar-refractivity contribution in [2.24, 2.45) is 10.2 Å². The number of hydrogen-bond acceptors (Lipinski definition) is 7. The zero-order valence-electron chi connectivity index (χ0n) is 10.7. The first-order valence-electron chi connectivity index (χ1n) is 5.67. The van der Waals surface area contributed by atoms with Crippen molar-refractivity contribution in [3.05, 3.63) is 40.1 Å². The third-order valence-electron chi connectivity index (χ3n) is 2.38. The zero-order chi connectivity index (χ0) is 16.1. The minimum atomic E-state index is -2.47. The lowest BCUT2D eigenvalue weighted by atomic mass is 10.3. The molecule has 1 aliphatic carbocycles. The molecular weight excluding hydrogens is 310 g/mol. The second-order valence-corrected chi connectivity index (χ2v) is 4.79. The predicted octanol–water partition coefficient (Wildman–Crippen LogP) is 1.26. The van der Waals surface area contributed by atoms with E-state index in [1.807, 2.05) is 0 Å². The Balaban J connectivity index is 2.24. The molecule has 0 bridgehead atoms. The largest absolute Gasteiger partial charge is 0.768 e. The van der Waals surface area contributed by atoms with Gasteiger partial charge in [-0.15, -0.1) is 5.11 Å². The molecule has 1 aromatic carbocycles. The molecule has 0 aliphatic heterocycles. The molecule has 22 heavy (non-hydrogen) atoms. The first-order valence-corrected chi connectivity index (χ1v) is 6.75. The van der Waals surface area contributed by atoms with Crippen molar-refractivity contribution >= 4 is 16.8 Å². The number of azo groups is 1. The Morgan fingerprint density at radius 2 is 2.14 bits per heavy atom. The zero-order valence-corrected chi connectivity index (χ0v) is 11.5. The van der Waals surface area contributed by atoms with Crippen molar-refractivity contribution in [1.82, 2.24) is 0 Å². The molecular formula is C13H6N3O5S-. The molecule has 0 fully saturated rings. The molecule has 2 rings (SSSR count). The Labute approximate surface area is 127 Å². The summed E-state index contributed by atoms with van der Waals surface area (Å²) in [5.74, 6) is 9.40. The van der Waals surface area contributed by atoms with E-state index < -0.39 is 22.0 Å². The van der Waals surface area contributed by atoms with Crippen LogP contribution in [0.5, 0.6) is 5.75 Å². The van der Waals surface area contributed by atoms with Crippen molar-refractivity contribution in [2.75, 3.05) is 0 Å². The summed E-state index contributed by atoms with van der Waals surface area (Å²) in [7, 11) is 0. The fraction of sp³-hybridized carbons (Fsp3) is 0.0769. The fourth-order valence-corrected chi connectivity index (χ4v) is 1.75. The number of rotatable bonds is 4. The van der Waals surface area contributed by atoms with Crippen LogP contribution in [0.15, 0.2) is 45.1 Å². The van der Waals surface area contributed by atoms with Crippen LogP contribution < -0.4 is 0 Å². The van der Waals surface area contributed by atoms with Gasteiger partial charge in [0.05, 0.1) is 11.0 Å². The van der Waals surface area contributed by atoms with Crippen LogP contribution in [-0.2, 0) is 11.1 Å². The minimum absolute atomic E-state index is 0.0675. The SMILES string of the molecule is O=[N+]([O-])C1=CC#CC(N=Nc2cc(S(=O)[O-])ccc2O)C#C1. The van der Waals surface area contributed by atoms with E-state index in [9.17, 15) is 24.0 Å². The fourth-order valence-electron chi connectivity index (χ4n) is 1.37. The van der Waals surface area contributed by atoms with E-state index in [-0.39, 0.29) is 22.0 Å². The van der Waals surface area contributed by atoms with Crippen molar-refractivity contribution < 1.29 is 18.8 Å². The van der Waals surface area contributed by atoms with E-state index in [1.165, 1.54) is 6.07 Å². The van der Waals surface area contributed by atoms with Gasteiger partial charge in [-0.25, -0.2) is 0 Å². The highest BCUT2D eigenvalue weighted by Crippen LogP contribution is 2.28. The maximum Gasteiger partial charge on any atom is 0.327 e. The van der Waals surface area contributed by atoms with Gasteiger partial charge in [-0.2, -0.15) is 5.11 Å². The van der Waals surface area contributed by atoms with Gasteiger partial charge in [0, 0.05) is 10.8 Å². The average Bonchev–Trinajstić information content (AvgIpc) is 2.71. The molecule has 2 unspecified atom stereocenters. The monoisotopic (exact) mass is 316 g/mol. The Morgan fingerprint density at radius 3 is 2.82 bits per heavy atom. The molecule has 0 radical (unpaired) electrons. The number of nitro groups is 1. The second-order valence-electron chi connectivity index (χ2n) is 3.85. The van der Waals surface area contributed by atoms with Crippen LogP contribution in [0.1, 0.15) is 0 Å². The number of nitrogens with zero attached hydrogens (tertiary/aromatic N) is 3. The Hall–Kier alpha value is -3.01. The summed E-state index contributed by atoms with van der Waals surface area (Å²) < 4.78 is 21.7. The molecule has 1 N–H and O–H groups in total. The molecule has 110 valence electrons. The predicted molar refractivity (Wildman–Crippen MR) is 74.2 cm³/mol. The van der Waals surface area contributed by atoms with Crippen LogP contribution in [0.4, 0.5) is 5.69 Å². The lowest BCUT2D eigenvalue weighted by Crippen LogP contribution is -1.97. The molecule has 0 spiro atoms. The van der Waals surface area contributed by atoms with Gasteiger partial charge in [0.1, 0.15) is 11.4 Å². The Morgan fingerprint density at radius 1 is 1.36 bits per heavy atom. The van der Waals surface area contributed by atoms with E-state index in [2.05, 4.69) is 33.9 Å². The smallest absolute Gasteiger partial charge is 0.327 e. The van der Waals surface area contributed by atoms with Gasteiger partial charge in [-0.05, 0) is 35.2 Å². The van der Waals surface area contributed by atoms with E-state index >= 15 is 0 Å². The van der Waals surface area contributed by atoms with Gasteiger partial charge < -0.3 is 9.66 Å². The lowest BCUT2D eigenvalue weighted by molar-refractivity contribution is -0.417. The number of hydrogen-bond donors (Lipinski definition) is 1. The number of allylic oxidation sites excluding steroid dienone is 2. The highest BCUT2D eigenvalue weighted by molar-refractivity contribution is 7.79. The normalized spacial score (nSPS) is 17.5. The number of benzene rings is 1. The summed E-state index contributed by atoms with van der Waals surface area (Å²) in [6.45, 7) is 0. The molecule has 1 aliphatic rings. The Bertz CT molecular complexity index is 839. The minimum Gasteiger partial charge on any atom is -0.768 e. The van der Waals surface area contributed by atoms with Crippen LogP contribution in [0.25, 0.3) is 0 Å². The third-order valence-corrected chi connectivity index (χ3v) is 3.02. The first kappa shape index (κ1) is 15.4. The highest BCUT2D eigenvalue weighted by Gasteiger charge is 2.09. The maximum atomic E-state index is 10.8. The summed E-state index contributed by atoms with van der Waals surface area (Å²) in [5, 5.41) is 27.6. The van der Waals surface area contributed by atoms with Crippen LogP contribution in [-0.4, -0.2) is 24.8 Å². The van der Waals surface area contributed by atoms with Crippen LogP contribution >= 0.6 is 0 Å². The van der Waals surface area contributed by atoms with Gasteiger partial charge >= 0.3 is 5.70 Å². The topological polar surface area (TPSA) is 128 Å². The molecule has 0 saturated carbocycles. The van der Waals surface area contributed by atoms with Crippen LogP contribution in [0.2, 0.25) is 0 Å². The standard InChI is InChI=1S/C13H7N3O5S/c17-13-7-6-11(22(20)21)8-12(13)15-14-9-2-1-3-10(5-4-9)16(18)19/h3,6-9,17H,(H,20,21)/p-1. The Kier molecular flexibility index (Phi) is 4.63. The van der Waals surface area contributed by atoms with Crippen LogP contribution in [0, 0.1) is 33.8 Å². The van der Waals surface area contributed by atoms with Gasteiger partial charge in [0.25, 0.3) is 0 Å². The number of aromatic hydroxyl groups is 1. The maximum absolute atomic E-state index is 10.8. The van der Waals surface area contributed by atoms with Crippen molar-refractivity contribution in [2.45, 2.75) is 10.9 Å². The number of phenols is 1. The summed E-state index contributed by atoms with van der Waals surface area (Å²) in [5.41, 5.74) is -0.422. The number of phenolic OH excluding ortho intramolecular Hbond substituents is 1. The molecule has 1 aromatic rings. The molecule has 8 nitrogen and oxygen atoms in total. The molecule has 0 amide bonds. The van der Waals surface area contributed by atoms with Gasteiger partial charge in [0.15, 0.2) is 6.04 Å². The van der Waals surface area contributed by atoms with Gasteiger partial charge in [-0.1, -0.05) is 11.8 Å². The van der Waals surface area contributed by atoms with E-state index in [0.29, 0.717) is 0 Å². The van der Waals surface area contributed by atoms with E-state index in [1.54, 1.807) is 0 Å². The second kappa shape index (κ2) is 6.63. The molecule has 0 aromatic heterocycles. The van der Waals surface area contributed by atoms with Crippen molar-refractivity contribution in [1.29, 1.82) is 0 Å². The molecule has 0 heterocycles. The van der Waals surface area contributed by atoms with E-state index in [0.717, 1.165) is 18.2 Å². The van der Waals surface area contributed by atoms with Gasteiger partial charge in [0.2, 0.25) is 0 Å². The van der Waals surface area contributed by atoms with Crippen molar-refractivity contribution in [3.8, 4) is 29.4 Å². The molecule has 9 heteroatoms. The van der Waals surface area contributed by atoms with Gasteiger partial charge in [-0.3, -0.25) is 14.3 Å². The average molecular weight is 316 g/mol. The molecule has 2 atom stereocenters. The summed E-state index contributed by atoms with van der Waals surface area (Å²) in [4.78, 5) is 9.83. The van der Waals surface area contributed by atoms with E-state index in [4.69, 9.17) is 0 Å². The summed E-state index contributed by atoms with van der Waals surface area (Å²) >= 11 is -2.47. The highest BCUT2D eigenvalue weighted by atomic mass is 32.2. The first-order chi connectivity index (χ1) is 10.5. The third kappa shape index (κ3) is 3.76. The van der Waals surface area contributed by atoms with Crippen LogP contribution in [0.3, 0.4) is 0 Å². The summed E-state index contributed by atoms with van der Waals surface area (Å²) in [6.07, 6.45) is 1.06. The van der Waals surface area contributed by atoms with Crippen molar-refractivity contribution in [3.63, 3.8) is 0 Å². The molecule has 0 saturated heterocycles. The lowest BCUT2D eigenvalue weighted by Gasteiger charge is -2.06. The summed E-state index contributed by atoms with van der Waals surface area (Å²) in [6, 6.07) is 2.57.